The maximum absolute atomic E-state index is 15.0. The summed E-state index contributed by atoms with van der Waals surface area (Å²) in [5.74, 6) is -0.936. The van der Waals surface area contributed by atoms with Gasteiger partial charge in [-0.2, -0.15) is 10.1 Å². The minimum absolute atomic E-state index is 0.0897. The van der Waals surface area contributed by atoms with Crippen LogP contribution in [0.5, 0.6) is 0 Å². The first-order chi connectivity index (χ1) is 17.9. The van der Waals surface area contributed by atoms with E-state index in [2.05, 4.69) is 18.2 Å². The second-order valence-corrected chi connectivity index (χ2v) is 10.00. The minimum Gasteiger partial charge on any atom is -0.367 e. The number of aromatic nitrogens is 6. The molecule has 0 unspecified atom stereocenters. The Morgan fingerprint density at radius 1 is 1.08 bits per heavy atom. The van der Waals surface area contributed by atoms with Crippen molar-refractivity contribution in [1.29, 1.82) is 0 Å². The fourth-order valence-corrected chi connectivity index (χ4v) is 4.89. The Bertz CT molecular complexity index is 1470. The van der Waals surface area contributed by atoms with Gasteiger partial charge in [0.15, 0.2) is 5.65 Å². The zero-order valence-electron chi connectivity index (χ0n) is 21.2. The SMILES string of the molecule is CCCc1nc2nc(N3C[C@@H](C)O[C@H](c4cnn(C5CC5)c4)C3)nc(-c3ccc(F)cc3F)c2nc1C. The highest BCUT2D eigenvalue weighted by atomic mass is 19.1. The van der Waals surface area contributed by atoms with Crippen LogP contribution in [0.1, 0.15) is 62.2 Å². The number of morpholine rings is 1. The zero-order valence-corrected chi connectivity index (χ0v) is 21.2. The molecule has 1 aliphatic carbocycles. The Morgan fingerprint density at radius 2 is 1.92 bits per heavy atom. The number of rotatable bonds is 6. The van der Waals surface area contributed by atoms with Crippen molar-refractivity contribution in [1.82, 2.24) is 29.7 Å². The summed E-state index contributed by atoms with van der Waals surface area (Å²) in [7, 11) is 0. The highest BCUT2D eigenvalue weighted by molar-refractivity contribution is 5.88. The Morgan fingerprint density at radius 3 is 2.68 bits per heavy atom. The number of aryl methyl sites for hydroxylation is 2. The molecule has 0 amide bonds. The van der Waals surface area contributed by atoms with Crippen molar-refractivity contribution < 1.29 is 13.5 Å². The molecule has 2 atom stereocenters. The van der Waals surface area contributed by atoms with Gasteiger partial charge in [0.2, 0.25) is 5.95 Å². The Hall–Kier alpha value is -3.53. The molecule has 6 rings (SSSR count). The highest BCUT2D eigenvalue weighted by Crippen LogP contribution is 2.36. The summed E-state index contributed by atoms with van der Waals surface area (Å²) in [4.78, 5) is 21.1. The standard InChI is InChI=1S/C27H29F2N7O/c1-4-5-22-16(3)31-25-24(20-9-6-18(28)10-21(20)29)33-27(34-26(25)32-22)35-12-15(2)37-23(14-35)17-11-30-36(13-17)19-7-8-19/h6,9-11,13,15,19,23H,4-5,7-8,12,14H2,1-3H3/t15-,23+/m1/s1. The van der Waals surface area contributed by atoms with Crippen LogP contribution in [-0.4, -0.2) is 48.9 Å². The molecule has 3 aromatic heterocycles. The summed E-state index contributed by atoms with van der Waals surface area (Å²) in [5.41, 5.74) is 3.87. The molecule has 8 nitrogen and oxygen atoms in total. The van der Waals surface area contributed by atoms with E-state index in [0.29, 0.717) is 41.9 Å². The first-order valence-corrected chi connectivity index (χ1v) is 12.8. The Kier molecular flexibility index (Phi) is 6.06. The maximum atomic E-state index is 15.0. The summed E-state index contributed by atoms with van der Waals surface area (Å²) in [6.07, 6.45) is 7.61. The molecule has 37 heavy (non-hydrogen) atoms. The van der Waals surface area contributed by atoms with E-state index in [9.17, 15) is 8.78 Å². The van der Waals surface area contributed by atoms with E-state index in [1.54, 1.807) is 0 Å². The van der Waals surface area contributed by atoms with Gasteiger partial charge in [-0.1, -0.05) is 13.3 Å². The van der Waals surface area contributed by atoms with Gasteiger partial charge in [-0.25, -0.2) is 23.7 Å². The van der Waals surface area contributed by atoms with Gasteiger partial charge >= 0.3 is 0 Å². The van der Waals surface area contributed by atoms with Gasteiger partial charge in [-0.15, -0.1) is 0 Å². The topological polar surface area (TPSA) is 81.9 Å². The fourth-order valence-electron chi connectivity index (χ4n) is 4.89. The van der Waals surface area contributed by atoms with Crippen LogP contribution in [0.2, 0.25) is 0 Å². The molecule has 1 saturated heterocycles. The van der Waals surface area contributed by atoms with Crippen LogP contribution in [0, 0.1) is 18.6 Å². The monoisotopic (exact) mass is 505 g/mol. The molecule has 10 heteroatoms. The molecule has 1 aliphatic heterocycles. The van der Waals surface area contributed by atoms with E-state index in [4.69, 9.17) is 24.7 Å². The third-order valence-electron chi connectivity index (χ3n) is 6.92. The number of nitrogens with zero attached hydrogens (tertiary/aromatic N) is 7. The number of hydrogen-bond donors (Lipinski definition) is 0. The predicted octanol–water partition coefficient (Wildman–Crippen LogP) is 5.12. The number of benzene rings is 1. The zero-order chi connectivity index (χ0) is 25.7. The van der Waals surface area contributed by atoms with Crippen LogP contribution >= 0.6 is 0 Å². The Balaban J connectivity index is 1.44. The van der Waals surface area contributed by atoms with Gasteiger partial charge in [-0.3, -0.25) is 4.68 Å². The lowest BCUT2D eigenvalue weighted by Crippen LogP contribution is -2.43. The summed E-state index contributed by atoms with van der Waals surface area (Å²) >= 11 is 0. The van der Waals surface area contributed by atoms with Crippen molar-refractivity contribution in [2.24, 2.45) is 0 Å². The summed E-state index contributed by atoms with van der Waals surface area (Å²) in [6, 6.07) is 3.97. The van der Waals surface area contributed by atoms with Gasteiger partial charge < -0.3 is 9.64 Å². The molecule has 1 aromatic carbocycles. The average molecular weight is 506 g/mol. The van der Waals surface area contributed by atoms with Gasteiger partial charge in [-0.05, 0) is 45.2 Å². The van der Waals surface area contributed by atoms with E-state index in [1.807, 2.05) is 29.6 Å². The van der Waals surface area contributed by atoms with Crippen molar-refractivity contribution in [2.75, 3.05) is 18.0 Å². The van der Waals surface area contributed by atoms with Crippen molar-refractivity contribution in [3.05, 3.63) is 59.2 Å². The number of ether oxygens (including phenoxy) is 1. The third-order valence-corrected chi connectivity index (χ3v) is 6.92. The quantitative estimate of drug-likeness (QED) is 0.360. The first kappa shape index (κ1) is 23.8. The molecular weight excluding hydrogens is 476 g/mol. The molecule has 4 heterocycles. The van der Waals surface area contributed by atoms with Gasteiger partial charge in [0.05, 0.1) is 36.3 Å². The summed E-state index contributed by atoms with van der Waals surface area (Å²) in [5, 5.41) is 4.52. The number of anilines is 1. The number of halogens is 2. The fraction of sp³-hybridized carbons (Fsp3) is 0.444. The smallest absolute Gasteiger partial charge is 0.228 e. The van der Waals surface area contributed by atoms with E-state index in [-0.39, 0.29) is 17.8 Å². The molecule has 4 aromatic rings. The average Bonchev–Trinajstić information content (AvgIpc) is 3.60. The molecule has 192 valence electrons. The summed E-state index contributed by atoms with van der Waals surface area (Å²) in [6.45, 7) is 7.04. The van der Waals surface area contributed by atoms with Crippen LogP contribution < -0.4 is 4.90 Å². The lowest BCUT2D eigenvalue weighted by atomic mass is 10.1. The van der Waals surface area contributed by atoms with E-state index >= 15 is 0 Å². The van der Waals surface area contributed by atoms with Crippen molar-refractivity contribution >= 4 is 17.1 Å². The van der Waals surface area contributed by atoms with Gasteiger partial charge in [0, 0.05) is 29.9 Å². The van der Waals surface area contributed by atoms with Crippen LogP contribution in [0.15, 0.2) is 30.6 Å². The van der Waals surface area contributed by atoms with Crippen LogP contribution in [0.3, 0.4) is 0 Å². The molecule has 2 aliphatic rings. The van der Waals surface area contributed by atoms with Crippen LogP contribution in [0.4, 0.5) is 14.7 Å². The lowest BCUT2D eigenvalue weighted by Gasteiger charge is -2.36. The van der Waals surface area contributed by atoms with Crippen molar-refractivity contribution in [3.63, 3.8) is 0 Å². The van der Waals surface area contributed by atoms with E-state index in [0.717, 1.165) is 48.7 Å². The lowest BCUT2D eigenvalue weighted by molar-refractivity contribution is -0.0178. The normalized spacial score (nSPS) is 20.1. The maximum Gasteiger partial charge on any atom is 0.228 e. The predicted molar refractivity (Wildman–Crippen MR) is 135 cm³/mol. The van der Waals surface area contributed by atoms with E-state index in [1.165, 1.54) is 12.1 Å². The van der Waals surface area contributed by atoms with Crippen LogP contribution in [0.25, 0.3) is 22.4 Å². The van der Waals surface area contributed by atoms with Gasteiger partial charge in [0.25, 0.3) is 0 Å². The highest BCUT2D eigenvalue weighted by Gasteiger charge is 2.32. The number of hydrogen-bond acceptors (Lipinski definition) is 7. The second kappa shape index (κ2) is 9.41. The van der Waals surface area contributed by atoms with E-state index < -0.39 is 11.6 Å². The summed E-state index contributed by atoms with van der Waals surface area (Å²) < 4.78 is 37.0. The first-order valence-electron chi connectivity index (χ1n) is 12.8. The van der Waals surface area contributed by atoms with Crippen LogP contribution in [-0.2, 0) is 11.2 Å². The molecular formula is C27H29F2N7O. The van der Waals surface area contributed by atoms with Gasteiger partial charge in [0.1, 0.15) is 28.9 Å². The molecule has 1 saturated carbocycles. The Labute approximate surface area is 213 Å². The third kappa shape index (κ3) is 4.66. The molecule has 0 spiro atoms. The second-order valence-electron chi connectivity index (χ2n) is 10.00. The molecule has 0 radical (unpaired) electrons. The molecule has 0 N–H and O–H groups in total. The molecule has 0 bridgehead atoms. The molecule has 2 fully saturated rings. The minimum atomic E-state index is -0.705. The van der Waals surface area contributed by atoms with Crippen molar-refractivity contribution in [3.8, 4) is 11.3 Å². The van der Waals surface area contributed by atoms with Crippen molar-refractivity contribution in [2.45, 2.75) is 64.7 Å². The largest absolute Gasteiger partial charge is 0.367 e. The number of fused-ring (bicyclic) bond motifs is 1.